The van der Waals surface area contributed by atoms with Gasteiger partial charge >= 0.3 is 0 Å². The number of hydrogen-bond donors (Lipinski definition) is 0. The lowest BCUT2D eigenvalue weighted by Crippen LogP contribution is -1.84. The summed E-state index contributed by atoms with van der Waals surface area (Å²) < 4.78 is 0. The molecule has 0 N–H and O–H groups in total. The molecular weight excluding hydrogens is 172 g/mol. The Morgan fingerprint density at radius 2 is 2.21 bits per heavy atom. The molecule has 0 atom stereocenters. The normalized spacial score (nSPS) is 11.1. The molecule has 0 unspecified atom stereocenters. The van der Waals surface area contributed by atoms with E-state index in [9.17, 15) is 0 Å². The Kier molecular flexibility index (Phi) is 3.05. The van der Waals surface area contributed by atoms with Crippen LogP contribution in [-0.2, 0) is 0 Å². The summed E-state index contributed by atoms with van der Waals surface area (Å²) in [5.41, 5.74) is 2.98. The Morgan fingerprint density at radius 3 is 2.71 bits per heavy atom. The van der Waals surface area contributed by atoms with Gasteiger partial charge in [0.1, 0.15) is 0 Å². The van der Waals surface area contributed by atoms with Crippen molar-refractivity contribution in [1.29, 1.82) is 5.26 Å². The molecule has 0 aliphatic heterocycles. The fourth-order valence-corrected chi connectivity index (χ4v) is 1.21. The first-order valence-corrected chi connectivity index (χ1v) is 4.24. The second kappa shape index (κ2) is 4.25. The summed E-state index contributed by atoms with van der Waals surface area (Å²) in [5, 5.41) is 8.71. The highest BCUT2D eigenvalue weighted by molar-refractivity contribution is 5.71. The Morgan fingerprint density at radius 1 is 1.50 bits per heavy atom. The second-order valence-electron chi connectivity index (χ2n) is 3.07. The van der Waals surface area contributed by atoms with Gasteiger partial charge in [-0.25, -0.2) is 10.1 Å². The van der Waals surface area contributed by atoms with E-state index in [1.807, 2.05) is 37.3 Å². The zero-order valence-corrected chi connectivity index (χ0v) is 8.20. The molecule has 0 aliphatic rings. The zero-order valence-electron chi connectivity index (χ0n) is 8.20. The van der Waals surface area contributed by atoms with E-state index in [0.717, 1.165) is 16.7 Å². The highest BCUT2D eigenvalue weighted by Crippen LogP contribution is 2.19. The Hall–Kier alpha value is -2.06. The van der Waals surface area contributed by atoms with Crippen LogP contribution in [0.4, 0.5) is 0 Å². The van der Waals surface area contributed by atoms with E-state index in [1.165, 1.54) is 0 Å². The molecular formula is C12H10N2. The van der Waals surface area contributed by atoms with Gasteiger partial charge in [-0.15, -0.1) is 0 Å². The van der Waals surface area contributed by atoms with Gasteiger partial charge in [-0.2, -0.15) is 0 Å². The molecule has 0 spiro atoms. The van der Waals surface area contributed by atoms with Crippen molar-refractivity contribution in [2.24, 2.45) is 0 Å². The highest BCUT2D eigenvalue weighted by atomic mass is 14.7. The van der Waals surface area contributed by atoms with Gasteiger partial charge < -0.3 is 0 Å². The lowest BCUT2D eigenvalue weighted by atomic mass is 10.0. The number of nitriles is 1. The maximum Gasteiger partial charge on any atom is 0.265 e. The summed E-state index contributed by atoms with van der Waals surface area (Å²) in [6, 6.07) is 9.68. The molecule has 0 aromatic heterocycles. The van der Waals surface area contributed by atoms with Crippen LogP contribution in [0.5, 0.6) is 0 Å². The molecule has 0 saturated heterocycles. The minimum Gasteiger partial charge on any atom is -0.226 e. The molecule has 68 valence electrons. The minimum atomic E-state index is 0.163. The van der Waals surface area contributed by atoms with Gasteiger partial charge in [0.15, 0.2) is 0 Å². The van der Waals surface area contributed by atoms with Gasteiger partial charge in [-0.05, 0) is 25.0 Å². The average Bonchev–Trinajstić information content (AvgIpc) is 2.19. The van der Waals surface area contributed by atoms with Gasteiger partial charge in [0.05, 0.1) is 12.6 Å². The third kappa shape index (κ3) is 2.00. The van der Waals surface area contributed by atoms with Gasteiger partial charge in [0.2, 0.25) is 0 Å². The number of benzene rings is 1. The molecule has 1 rings (SSSR count). The molecule has 0 bridgehead atoms. The van der Waals surface area contributed by atoms with E-state index >= 15 is 0 Å². The van der Waals surface area contributed by atoms with Gasteiger partial charge in [-0.3, -0.25) is 0 Å². The predicted molar refractivity (Wildman–Crippen MR) is 56.0 cm³/mol. The predicted octanol–water partition coefficient (Wildman–Crippen LogP) is 3.17. The van der Waals surface area contributed by atoms with Crippen LogP contribution in [0.3, 0.4) is 0 Å². The molecule has 14 heavy (non-hydrogen) atoms. The Bertz CT molecular complexity index is 440. The van der Waals surface area contributed by atoms with E-state index in [0.29, 0.717) is 0 Å². The minimum absolute atomic E-state index is 0.163. The van der Waals surface area contributed by atoms with Crippen LogP contribution in [0.1, 0.15) is 18.1 Å². The van der Waals surface area contributed by atoms with Crippen molar-refractivity contribution < 1.29 is 0 Å². The van der Waals surface area contributed by atoms with Crippen molar-refractivity contribution in [1.82, 2.24) is 0 Å². The summed E-state index contributed by atoms with van der Waals surface area (Å²) in [6.07, 6.45) is 0. The van der Waals surface area contributed by atoms with E-state index in [-0.39, 0.29) is 5.70 Å². The van der Waals surface area contributed by atoms with Crippen molar-refractivity contribution in [3.8, 4) is 6.07 Å². The number of aryl methyl sites for hydroxylation is 1. The molecule has 2 nitrogen and oxygen atoms in total. The SMILES string of the molecule is [C-]#[N+]/C(C#N)=C(\C)c1cccc(C)c1. The maximum atomic E-state index is 8.71. The van der Waals surface area contributed by atoms with Crippen molar-refractivity contribution >= 4 is 5.57 Å². The number of nitrogens with zero attached hydrogens (tertiary/aromatic N) is 2. The first-order valence-electron chi connectivity index (χ1n) is 4.24. The third-order valence-electron chi connectivity index (χ3n) is 2.02. The highest BCUT2D eigenvalue weighted by Gasteiger charge is 2.03. The van der Waals surface area contributed by atoms with Crippen LogP contribution >= 0.6 is 0 Å². The topological polar surface area (TPSA) is 28.1 Å². The monoisotopic (exact) mass is 182 g/mol. The summed E-state index contributed by atoms with van der Waals surface area (Å²) in [7, 11) is 0. The van der Waals surface area contributed by atoms with E-state index in [4.69, 9.17) is 11.8 Å². The van der Waals surface area contributed by atoms with Crippen LogP contribution in [-0.4, -0.2) is 0 Å². The third-order valence-corrected chi connectivity index (χ3v) is 2.02. The summed E-state index contributed by atoms with van der Waals surface area (Å²) >= 11 is 0. The number of allylic oxidation sites excluding steroid dienone is 2. The first kappa shape index (κ1) is 10.0. The molecule has 0 heterocycles. The average molecular weight is 182 g/mol. The van der Waals surface area contributed by atoms with E-state index in [1.54, 1.807) is 6.92 Å². The Labute approximate surface area is 83.9 Å². The largest absolute Gasteiger partial charge is 0.265 e. The summed E-state index contributed by atoms with van der Waals surface area (Å²) in [5.74, 6) is 0. The number of hydrogen-bond acceptors (Lipinski definition) is 1. The lowest BCUT2D eigenvalue weighted by Gasteiger charge is -2.02. The summed E-state index contributed by atoms with van der Waals surface area (Å²) in [4.78, 5) is 3.18. The molecule has 0 amide bonds. The standard InChI is InChI=1S/C12H10N2/c1-9-5-4-6-11(7-9)10(2)12(8-13)14-3/h4-7H,1-2H3/b12-10+. The van der Waals surface area contributed by atoms with Crippen molar-refractivity contribution in [2.45, 2.75) is 13.8 Å². The molecule has 2 heteroatoms. The van der Waals surface area contributed by atoms with Crippen LogP contribution < -0.4 is 0 Å². The molecule has 1 aromatic rings. The molecule has 0 radical (unpaired) electrons. The molecule has 1 aromatic carbocycles. The fourth-order valence-electron chi connectivity index (χ4n) is 1.21. The smallest absolute Gasteiger partial charge is 0.226 e. The van der Waals surface area contributed by atoms with Crippen molar-refractivity contribution in [3.05, 3.63) is 52.5 Å². The van der Waals surface area contributed by atoms with E-state index < -0.39 is 0 Å². The quantitative estimate of drug-likeness (QED) is 0.484. The van der Waals surface area contributed by atoms with Gasteiger partial charge in [-0.1, -0.05) is 29.8 Å². The van der Waals surface area contributed by atoms with Crippen LogP contribution in [0, 0.1) is 24.8 Å². The van der Waals surface area contributed by atoms with Gasteiger partial charge in [0.25, 0.3) is 5.70 Å². The van der Waals surface area contributed by atoms with Crippen LogP contribution in [0.2, 0.25) is 0 Å². The molecule has 0 fully saturated rings. The fraction of sp³-hybridized carbons (Fsp3) is 0.167. The molecule has 0 saturated carbocycles. The van der Waals surface area contributed by atoms with Crippen LogP contribution in [0.25, 0.3) is 10.4 Å². The molecule has 0 aliphatic carbocycles. The second-order valence-corrected chi connectivity index (χ2v) is 3.07. The van der Waals surface area contributed by atoms with Crippen LogP contribution in [0.15, 0.2) is 30.0 Å². The van der Waals surface area contributed by atoms with Gasteiger partial charge in [0, 0.05) is 0 Å². The number of rotatable bonds is 1. The first-order chi connectivity index (χ1) is 6.69. The van der Waals surface area contributed by atoms with Crippen molar-refractivity contribution in [3.63, 3.8) is 0 Å². The lowest BCUT2D eigenvalue weighted by molar-refractivity contribution is 1.42. The Balaban J connectivity index is 3.27. The maximum absolute atomic E-state index is 8.71. The van der Waals surface area contributed by atoms with E-state index in [2.05, 4.69) is 4.85 Å². The van der Waals surface area contributed by atoms with Crippen molar-refractivity contribution in [2.75, 3.05) is 0 Å². The zero-order chi connectivity index (χ0) is 10.6. The summed E-state index contributed by atoms with van der Waals surface area (Å²) in [6.45, 7) is 10.6.